The second-order valence-corrected chi connectivity index (χ2v) is 19.6. The lowest BCUT2D eigenvalue weighted by molar-refractivity contribution is -0.301. The van der Waals surface area contributed by atoms with E-state index in [1.165, 1.54) is 12.1 Å². The minimum Gasteiger partial charge on any atom is -0.491 e. The number of benzene rings is 4. The molecule has 1 fully saturated rings. The maximum Gasteiger partial charge on any atom is 0.407 e. The number of halogens is 1. The summed E-state index contributed by atoms with van der Waals surface area (Å²) in [6.45, 7) is 17.8. The number of carbonyl (C=O) groups excluding carboxylic acids is 3. The normalized spacial score (nSPS) is 15.4. The molecule has 16 heteroatoms. The fourth-order valence-electron chi connectivity index (χ4n) is 8.66. The zero-order valence-electron chi connectivity index (χ0n) is 44.0. The third-order valence-electron chi connectivity index (χ3n) is 11.6. The Hall–Kier alpha value is -6.14. The lowest BCUT2D eigenvalue weighted by atomic mass is 9.94. The summed E-state index contributed by atoms with van der Waals surface area (Å²) < 4.78 is 68.4. The van der Waals surface area contributed by atoms with Crippen molar-refractivity contribution >= 4 is 23.7 Å². The second-order valence-electron chi connectivity index (χ2n) is 19.6. The number of aromatic nitrogens is 1. The molecule has 2 amide bonds. The third kappa shape index (κ3) is 18.7. The average molecular weight is 1020 g/mol. The number of alkyl carbamates (subject to hydrolysis) is 1. The second kappa shape index (κ2) is 28.5. The van der Waals surface area contributed by atoms with Crippen LogP contribution in [0.5, 0.6) is 5.75 Å². The Morgan fingerprint density at radius 2 is 1.31 bits per heavy atom. The summed E-state index contributed by atoms with van der Waals surface area (Å²) in [7, 11) is 0. The Morgan fingerprint density at radius 3 is 1.92 bits per heavy atom. The summed E-state index contributed by atoms with van der Waals surface area (Å²) >= 11 is 0. The lowest BCUT2D eigenvalue weighted by Crippen LogP contribution is -2.46. The van der Waals surface area contributed by atoms with Gasteiger partial charge in [-0.05, 0) is 112 Å². The van der Waals surface area contributed by atoms with Crippen LogP contribution in [0.25, 0.3) is 22.4 Å². The number of esters is 1. The highest BCUT2D eigenvalue weighted by Gasteiger charge is 2.38. The van der Waals surface area contributed by atoms with Gasteiger partial charge in [-0.25, -0.2) is 9.18 Å². The van der Waals surface area contributed by atoms with E-state index in [0.29, 0.717) is 102 Å². The summed E-state index contributed by atoms with van der Waals surface area (Å²) in [4.78, 5) is 39.5. The molecule has 2 N–H and O–H groups in total. The van der Waals surface area contributed by atoms with Crippen LogP contribution in [0, 0.1) is 5.82 Å². The van der Waals surface area contributed by atoms with Crippen LogP contribution < -0.4 is 15.4 Å². The minimum absolute atomic E-state index is 0.0973. The van der Waals surface area contributed by atoms with Crippen LogP contribution in [-0.2, 0) is 55.8 Å². The van der Waals surface area contributed by atoms with Gasteiger partial charge >= 0.3 is 12.1 Å². The first-order chi connectivity index (χ1) is 35.5. The Balaban J connectivity index is 0.988. The molecule has 1 aliphatic heterocycles. The van der Waals surface area contributed by atoms with Crippen molar-refractivity contribution in [3.8, 4) is 28.1 Å². The van der Waals surface area contributed by atoms with Crippen molar-refractivity contribution in [2.75, 3.05) is 71.3 Å². The summed E-state index contributed by atoms with van der Waals surface area (Å²) in [6.07, 6.45) is -0.0664. The Bertz CT molecular complexity index is 2490. The van der Waals surface area contributed by atoms with Gasteiger partial charge in [0.25, 0.3) is 5.91 Å². The molecule has 1 saturated heterocycles. The highest BCUT2D eigenvalue weighted by atomic mass is 19.1. The summed E-state index contributed by atoms with van der Waals surface area (Å²) in [5.74, 6) is -1.43. The molecule has 5 aromatic rings. The molecule has 1 aliphatic rings. The average Bonchev–Trinajstić information content (AvgIpc) is 3.71. The standard InChI is InChI=1S/C58H74FN3O12/c1-41(2)53-52(55(64)61-46-22-24-47(25-23-46)70-37-36-69-35-34-68-33-32-67-31-30-66-29-27-60-56(65)71-40-42-14-10-8-11-15-42)51(43-16-12-9-13-17-43)54(44-18-20-45(59)21-19-44)62(53)28-26-48-38-49(73-58(6,7)72-48)39-50(63)74-57(3,4)5/h8-25,41,48-49H,26-40H2,1-7H3,(H,60,65)(H,61,64)/t48-,49-/m1/s1. The lowest BCUT2D eigenvalue weighted by Gasteiger charge is -2.41. The summed E-state index contributed by atoms with van der Waals surface area (Å²) in [5, 5.41) is 5.81. The molecule has 0 unspecified atom stereocenters. The van der Waals surface area contributed by atoms with Crippen LogP contribution in [0.4, 0.5) is 14.9 Å². The van der Waals surface area contributed by atoms with E-state index in [1.54, 1.807) is 36.4 Å². The first-order valence-electron chi connectivity index (χ1n) is 25.5. The maximum absolute atomic E-state index is 14.8. The molecule has 0 bridgehead atoms. The van der Waals surface area contributed by atoms with Gasteiger partial charge in [-0.2, -0.15) is 0 Å². The number of nitrogens with zero attached hydrogens (tertiary/aromatic N) is 1. The molecule has 1 aromatic heterocycles. The quantitative estimate of drug-likeness (QED) is 0.0361. The van der Waals surface area contributed by atoms with Gasteiger partial charge < -0.3 is 57.8 Å². The van der Waals surface area contributed by atoms with Crippen molar-refractivity contribution < 1.29 is 61.4 Å². The molecule has 2 atom stereocenters. The van der Waals surface area contributed by atoms with Crippen molar-refractivity contribution in [2.45, 2.75) is 110 Å². The fourth-order valence-corrected chi connectivity index (χ4v) is 8.66. The number of amides is 2. The minimum atomic E-state index is -0.946. The zero-order chi connectivity index (χ0) is 52.9. The monoisotopic (exact) mass is 1020 g/mol. The van der Waals surface area contributed by atoms with E-state index in [-0.39, 0.29) is 42.7 Å². The summed E-state index contributed by atoms with van der Waals surface area (Å²) in [6, 6.07) is 32.8. The third-order valence-corrected chi connectivity index (χ3v) is 11.6. The number of hydrogen-bond acceptors (Lipinski definition) is 12. The molecule has 4 aromatic carbocycles. The number of rotatable bonds is 28. The van der Waals surface area contributed by atoms with Gasteiger partial charge in [0.2, 0.25) is 0 Å². The summed E-state index contributed by atoms with van der Waals surface area (Å²) in [5.41, 5.74) is 5.33. The van der Waals surface area contributed by atoms with Gasteiger partial charge in [0.15, 0.2) is 5.79 Å². The first-order valence-corrected chi connectivity index (χ1v) is 25.5. The molecule has 0 aliphatic carbocycles. The molecular formula is C58H74FN3O12. The fraction of sp³-hybridized carbons (Fsp3) is 0.466. The van der Waals surface area contributed by atoms with E-state index in [1.807, 2.05) is 95.3 Å². The van der Waals surface area contributed by atoms with E-state index < -0.39 is 23.6 Å². The van der Waals surface area contributed by atoms with E-state index in [0.717, 1.165) is 33.6 Å². The SMILES string of the molecule is CC(C)c1c(C(=O)Nc2ccc(OCCOCCOCCOCCOCCNC(=O)OCc3ccccc3)cc2)c(-c2ccccc2)c(-c2ccc(F)cc2)n1CC[C@@H]1C[C@H](CC(=O)OC(C)(C)C)OC(C)(C)O1. The predicted octanol–water partition coefficient (Wildman–Crippen LogP) is 10.7. The van der Waals surface area contributed by atoms with Crippen LogP contribution in [0.3, 0.4) is 0 Å². The number of nitrogens with one attached hydrogen (secondary N) is 2. The molecule has 0 spiro atoms. The van der Waals surface area contributed by atoms with Crippen molar-refractivity contribution in [1.82, 2.24) is 9.88 Å². The molecular weight excluding hydrogens is 950 g/mol. The van der Waals surface area contributed by atoms with Crippen LogP contribution >= 0.6 is 0 Å². The predicted molar refractivity (Wildman–Crippen MR) is 281 cm³/mol. The zero-order valence-corrected chi connectivity index (χ0v) is 44.0. The van der Waals surface area contributed by atoms with Crippen LogP contribution in [0.1, 0.15) is 95.3 Å². The molecule has 6 rings (SSSR count). The Morgan fingerprint density at radius 1 is 0.730 bits per heavy atom. The van der Waals surface area contributed by atoms with E-state index in [2.05, 4.69) is 29.0 Å². The van der Waals surface area contributed by atoms with Crippen LogP contribution in [0.15, 0.2) is 109 Å². The van der Waals surface area contributed by atoms with Gasteiger partial charge in [-0.1, -0.05) is 74.5 Å². The number of hydrogen-bond donors (Lipinski definition) is 2. The largest absolute Gasteiger partial charge is 0.491 e. The topological polar surface area (TPSA) is 163 Å². The van der Waals surface area contributed by atoms with Crippen LogP contribution in [-0.4, -0.2) is 112 Å². The smallest absolute Gasteiger partial charge is 0.407 e. The van der Waals surface area contributed by atoms with Gasteiger partial charge in [-0.3, -0.25) is 9.59 Å². The Kier molecular flexibility index (Phi) is 22.0. The molecule has 0 radical (unpaired) electrons. The molecule has 74 heavy (non-hydrogen) atoms. The highest BCUT2D eigenvalue weighted by Crippen LogP contribution is 2.43. The maximum atomic E-state index is 14.8. The van der Waals surface area contributed by atoms with Crippen molar-refractivity contribution in [3.05, 3.63) is 132 Å². The van der Waals surface area contributed by atoms with Crippen molar-refractivity contribution in [1.29, 1.82) is 0 Å². The molecule has 15 nitrogen and oxygen atoms in total. The van der Waals surface area contributed by atoms with E-state index >= 15 is 0 Å². The first kappa shape index (κ1) is 57.1. The van der Waals surface area contributed by atoms with Gasteiger partial charge in [0, 0.05) is 36.5 Å². The van der Waals surface area contributed by atoms with Crippen molar-refractivity contribution in [3.63, 3.8) is 0 Å². The van der Waals surface area contributed by atoms with Crippen LogP contribution in [0.2, 0.25) is 0 Å². The van der Waals surface area contributed by atoms with Gasteiger partial charge in [-0.15, -0.1) is 0 Å². The van der Waals surface area contributed by atoms with Gasteiger partial charge in [0.05, 0.1) is 82.7 Å². The molecule has 2 heterocycles. The number of anilines is 1. The highest BCUT2D eigenvalue weighted by molar-refractivity contribution is 6.12. The van der Waals surface area contributed by atoms with E-state index in [9.17, 15) is 18.8 Å². The van der Waals surface area contributed by atoms with Gasteiger partial charge in [0.1, 0.15) is 30.4 Å². The van der Waals surface area contributed by atoms with Crippen molar-refractivity contribution in [2.24, 2.45) is 0 Å². The Labute approximate surface area is 435 Å². The molecule has 0 saturated carbocycles. The van der Waals surface area contributed by atoms with E-state index in [4.69, 9.17) is 42.6 Å². The molecule has 400 valence electrons. The number of carbonyl (C=O) groups is 3. The number of ether oxygens (including phenoxy) is 9.